The molecule has 2 fully saturated rings. The Morgan fingerprint density at radius 3 is 2.83 bits per heavy atom. The van der Waals surface area contributed by atoms with Gasteiger partial charge in [0.05, 0.1) is 12.0 Å². The second-order valence-electron chi connectivity index (χ2n) is 6.80. The molecule has 0 spiro atoms. The summed E-state index contributed by atoms with van der Waals surface area (Å²) in [7, 11) is 0. The van der Waals surface area contributed by atoms with E-state index < -0.39 is 5.41 Å². The van der Waals surface area contributed by atoms with Crippen LogP contribution in [0.3, 0.4) is 0 Å². The normalized spacial score (nSPS) is 28.2. The number of esters is 1. The molecule has 0 N–H and O–H groups in total. The van der Waals surface area contributed by atoms with Gasteiger partial charge in [0.15, 0.2) is 0 Å². The number of hydrogen-bond acceptors (Lipinski definition) is 4. The summed E-state index contributed by atoms with van der Waals surface area (Å²) in [5.41, 5.74) is 0.434. The van der Waals surface area contributed by atoms with Crippen LogP contribution >= 0.6 is 0 Å². The molecular weight excluding hydrogens is 304 g/mol. The van der Waals surface area contributed by atoms with Crippen molar-refractivity contribution in [3.05, 3.63) is 30.1 Å². The predicted molar refractivity (Wildman–Crippen MR) is 90.2 cm³/mol. The number of carbonyl (C=O) groups excluding carboxylic acids is 2. The molecule has 2 bridgehead atoms. The lowest BCUT2D eigenvalue weighted by atomic mass is 9.72. The minimum Gasteiger partial charge on any atom is -0.466 e. The molecule has 5 nitrogen and oxygen atoms in total. The van der Waals surface area contributed by atoms with E-state index in [-0.39, 0.29) is 24.0 Å². The standard InChI is InChI=1S/C19H26N2O3/c1-3-19(18(23)24-4-2)13-15-9-10-16(19)21(15)17(22)11-8-14-7-5-6-12-20-14/h5-7,12,15-16H,3-4,8-11,13H2,1-2H3/t15-,16+,19+/m1/s1. The summed E-state index contributed by atoms with van der Waals surface area (Å²) in [6, 6.07) is 5.95. The van der Waals surface area contributed by atoms with E-state index in [4.69, 9.17) is 4.74 Å². The lowest BCUT2D eigenvalue weighted by Gasteiger charge is -2.34. The molecule has 0 radical (unpaired) electrons. The molecule has 0 aliphatic carbocycles. The first-order valence-corrected chi connectivity index (χ1v) is 9.00. The lowest BCUT2D eigenvalue weighted by molar-refractivity contribution is -0.158. The number of ether oxygens (including phenoxy) is 1. The number of amides is 1. The van der Waals surface area contributed by atoms with E-state index in [9.17, 15) is 9.59 Å². The summed E-state index contributed by atoms with van der Waals surface area (Å²) in [6.07, 6.45) is 6.25. The van der Waals surface area contributed by atoms with Crippen molar-refractivity contribution in [2.75, 3.05) is 6.61 Å². The number of hydrogen-bond donors (Lipinski definition) is 0. The molecule has 1 aromatic heterocycles. The maximum absolute atomic E-state index is 12.8. The third-order valence-corrected chi connectivity index (χ3v) is 5.66. The van der Waals surface area contributed by atoms with Crippen LogP contribution in [0.25, 0.3) is 0 Å². The maximum Gasteiger partial charge on any atom is 0.314 e. The van der Waals surface area contributed by atoms with Crippen molar-refractivity contribution in [1.82, 2.24) is 9.88 Å². The number of nitrogens with zero attached hydrogens (tertiary/aromatic N) is 2. The Labute approximate surface area is 143 Å². The minimum atomic E-state index is -0.500. The lowest BCUT2D eigenvalue weighted by Crippen LogP contribution is -2.45. The fourth-order valence-electron chi connectivity index (χ4n) is 4.49. The predicted octanol–water partition coefficient (Wildman–Crippen LogP) is 2.74. The van der Waals surface area contributed by atoms with Gasteiger partial charge in [0.1, 0.15) is 0 Å². The van der Waals surface area contributed by atoms with Crippen molar-refractivity contribution in [2.45, 2.75) is 64.5 Å². The third kappa shape index (κ3) is 2.80. The number of aryl methyl sites for hydroxylation is 1. The summed E-state index contributed by atoms with van der Waals surface area (Å²) < 4.78 is 5.34. The molecule has 3 atom stereocenters. The van der Waals surface area contributed by atoms with E-state index in [2.05, 4.69) is 4.98 Å². The zero-order valence-electron chi connectivity index (χ0n) is 14.5. The second-order valence-corrected chi connectivity index (χ2v) is 6.80. The van der Waals surface area contributed by atoms with Gasteiger partial charge in [-0.15, -0.1) is 0 Å². The van der Waals surface area contributed by atoms with Crippen molar-refractivity contribution >= 4 is 11.9 Å². The van der Waals surface area contributed by atoms with Crippen molar-refractivity contribution in [3.63, 3.8) is 0 Å². The highest BCUT2D eigenvalue weighted by molar-refractivity contribution is 5.83. The van der Waals surface area contributed by atoms with E-state index in [0.717, 1.165) is 31.4 Å². The summed E-state index contributed by atoms with van der Waals surface area (Å²) in [6.45, 7) is 4.27. The van der Waals surface area contributed by atoms with E-state index >= 15 is 0 Å². The molecule has 24 heavy (non-hydrogen) atoms. The molecule has 2 saturated heterocycles. The Hall–Kier alpha value is -1.91. The zero-order chi connectivity index (χ0) is 17.2. The molecule has 1 amide bonds. The van der Waals surface area contributed by atoms with Gasteiger partial charge < -0.3 is 9.64 Å². The Morgan fingerprint density at radius 2 is 2.17 bits per heavy atom. The smallest absolute Gasteiger partial charge is 0.314 e. The average molecular weight is 330 g/mol. The van der Waals surface area contributed by atoms with Gasteiger partial charge in [-0.1, -0.05) is 13.0 Å². The number of aromatic nitrogens is 1. The minimum absolute atomic E-state index is 0.00258. The molecule has 5 heteroatoms. The number of pyridine rings is 1. The Morgan fingerprint density at radius 1 is 1.33 bits per heavy atom. The van der Waals surface area contributed by atoms with Crippen molar-refractivity contribution in [2.24, 2.45) is 5.41 Å². The van der Waals surface area contributed by atoms with Crippen LogP contribution in [0.1, 0.15) is 51.6 Å². The molecule has 0 unspecified atom stereocenters. The third-order valence-electron chi connectivity index (χ3n) is 5.66. The van der Waals surface area contributed by atoms with Gasteiger partial charge in [-0.3, -0.25) is 14.6 Å². The molecule has 3 heterocycles. The van der Waals surface area contributed by atoms with Crippen LogP contribution in [0.4, 0.5) is 0 Å². The van der Waals surface area contributed by atoms with Crippen LogP contribution in [-0.4, -0.2) is 40.5 Å². The molecule has 0 saturated carbocycles. The van der Waals surface area contributed by atoms with Gasteiger partial charge in [0.2, 0.25) is 5.91 Å². The van der Waals surface area contributed by atoms with Gasteiger partial charge >= 0.3 is 5.97 Å². The molecule has 1 aromatic rings. The summed E-state index contributed by atoms with van der Waals surface area (Å²) >= 11 is 0. The number of fused-ring (bicyclic) bond motifs is 2. The summed E-state index contributed by atoms with van der Waals surface area (Å²) in [5, 5.41) is 0. The largest absolute Gasteiger partial charge is 0.466 e. The first-order chi connectivity index (χ1) is 11.6. The van der Waals surface area contributed by atoms with Crippen molar-refractivity contribution in [1.29, 1.82) is 0 Å². The number of rotatable bonds is 6. The topological polar surface area (TPSA) is 59.5 Å². The van der Waals surface area contributed by atoms with Crippen LogP contribution in [-0.2, 0) is 20.7 Å². The first-order valence-electron chi connectivity index (χ1n) is 9.00. The second kappa shape index (κ2) is 6.91. The van der Waals surface area contributed by atoms with E-state index in [1.54, 1.807) is 6.20 Å². The molecular formula is C19H26N2O3. The highest BCUT2D eigenvalue weighted by atomic mass is 16.5. The van der Waals surface area contributed by atoms with Crippen LogP contribution in [0.2, 0.25) is 0 Å². The van der Waals surface area contributed by atoms with Gasteiger partial charge in [0, 0.05) is 30.4 Å². The van der Waals surface area contributed by atoms with Crippen molar-refractivity contribution < 1.29 is 14.3 Å². The van der Waals surface area contributed by atoms with Crippen LogP contribution < -0.4 is 0 Å². The fraction of sp³-hybridized carbons (Fsp3) is 0.632. The molecule has 3 rings (SSSR count). The Bertz CT molecular complexity index is 604. The van der Waals surface area contributed by atoms with Gasteiger partial charge in [-0.05, 0) is 51.2 Å². The first kappa shape index (κ1) is 16.9. The highest BCUT2D eigenvalue weighted by Crippen LogP contribution is 2.52. The molecule has 0 aromatic carbocycles. The van der Waals surface area contributed by atoms with Gasteiger partial charge in [-0.25, -0.2) is 0 Å². The zero-order valence-corrected chi connectivity index (χ0v) is 14.5. The van der Waals surface area contributed by atoms with Gasteiger partial charge in [-0.2, -0.15) is 0 Å². The Balaban J connectivity index is 1.70. The monoisotopic (exact) mass is 330 g/mol. The fourth-order valence-corrected chi connectivity index (χ4v) is 4.49. The maximum atomic E-state index is 12.8. The van der Waals surface area contributed by atoms with E-state index in [0.29, 0.717) is 19.4 Å². The van der Waals surface area contributed by atoms with E-state index in [1.165, 1.54) is 0 Å². The quantitative estimate of drug-likeness (QED) is 0.753. The SMILES string of the molecule is CCOC(=O)[C@@]1(CC)C[C@H]2CC[C@@H]1N2C(=O)CCc1ccccn1. The molecule has 2 aliphatic heterocycles. The number of carbonyl (C=O) groups is 2. The van der Waals surface area contributed by atoms with Crippen LogP contribution in [0.5, 0.6) is 0 Å². The molecule has 2 aliphatic rings. The summed E-state index contributed by atoms with van der Waals surface area (Å²) in [5.74, 6) is 0.0232. The summed E-state index contributed by atoms with van der Waals surface area (Å²) in [4.78, 5) is 31.6. The van der Waals surface area contributed by atoms with Gasteiger partial charge in [0.25, 0.3) is 0 Å². The Kier molecular flexibility index (Phi) is 4.88. The average Bonchev–Trinajstić information content (AvgIpc) is 3.17. The van der Waals surface area contributed by atoms with Crippen molar-refractivity contribution in [3.8, 4) is 0 Å². The highest BCUT2D eigenvalue weighted by Gasteiger charge is 2.60. The van der Waals surface area contributed by atoms with E-state index in [1.807, 2.05) is 36.9 Å². The van der Waals surface area contributed by atoms with Crippen LogP contribution in [0, 0.1) is 5.41 Å². The van der Waals surface area contributed by atoms with Crippen LogP contribution in [0.15, 0.2) is 24.4 Å². The molecule has 130 valence electrons.